The van der Waals surface area contributed by atoms with E-state index in [9.17, 15) is 10.5 Å². The Bertz CT molecular complexity index is 914. The van der Waals surface area contributed by atoms with Gasteiger partial charge < -0.3 is 15.2 Å². The molecule has 0 amide bonds. The van der Waals surface area contributed by atoms with Crippen LogP contribution in [0.1, 0.15) is 39.7 Å². The predicted molar refractivity (Wildman–Crippen MR) is 99.1 cm³/mol. The number of rotatable bonds is 3. The molecule has 4 rings (SSSR count). The Kier molecular flexibility index (Phi) is 3.39. The summed E-state index contributed by atoms with van der Waals surface area (Å²) in [4.78, 5) is 4.39. The molecule has 1 aromatic carbocycles. The number of fused-ring (bicyclic) bond motifs is 2. The summed E-state index contributed by atoms with van der Waals surface area (Å²) in [5.74, 6) is -1.35. The van der Waals surface area contributed by atoms with Crippen LogP contribution in [0.3, 0.4) is 0 Å². The molecule has 27 heavy (non-hydrogen) atoms. The molecule has 140 valence electrons. The molecular weight excluding hydrogens is 340 g/mol. The van der Waals surface area contributed by atoms with Crippen molar-refractivity contribution in [2.45, 2.75) is 51.5 Å². The summed E-state index contributed by atoms with van der Waals surface area (Å²) < 4.78 is 11.9. The van der Waals surface area contributed by atoms with Gasteiger partial charge in [-0.15, -0.1) is 0 Å². The van der Waals surface area contributed by atoms with Gasteiger partial charge in [0.2, 0.25) is 0 Å². The van der Waals surface area contributed by atoms with Crippen molar-refractivity contribution in [3.05, 3.63) is 35.9 Å². The minimum Gasteiger partial charge on any atom is -0.386 e. The first kappa shape index (κ1) is 18.0. The fraction of sp³-hybridized carbons (Fsp3) is 0.571. The molecule has 2 heterocycles. The minimum atomic E-state index is -1.50. The molecule has 0 unspecified atom stereocenters. The van der Waals surface area contributed by atoms with Crippen LogP contribution in [0.5, 0.6) is 0 Å². The van der Waals surface area contributed by atoms with Crippen LogP contribution in [0.4, 0.5) is 0 Å². The highest BCUT2D eigenvalue weighted by atomic mass is 16.8. The summed E-state index contributed by atoms with van der Waals surface area (Å²) in [6, 6.07) is 14.8. The summed E-state index contributed by atoms with van der Waals surface area (Å²) in [7, 11) is 0. The van der Waals surface area contributed by atoms with Crippen LogP contribution >= 0.6 is 0 Å². The number of nitrogens with zero attached hydrogens (tertiary/aromatic N) is 3. The Hall–Kier alpha value is -2.41. The van der Waals surface area contributed by atoms with Crippen molar-refractivity contribution in [3.63, 3.8) is 0 Å². The summed E-state index contributed by atoms with van der Waals surface area (Å²) >= 11 is 0. The van der Waals surface area contributed by atoms with Gasteiger partial charge in [-0.2, -0.15) is 10.5 Å². The van der Waals surface area contributed by atoms with E-state index in [2.05, 4.69) is 43.1 Å². The average molecular weight is 364 g/mol. The number of ether oxygens (including phenoxy) is 2. The third kappa shape index (κ3) is 1.74. The Labute approximate surface area is 159 Å². The summed E-state index contributed by atoms with van der Waals surface area (Å²) in [5.41, 5.74) is 3.91. The van der Waals surface area contributed by atoms with Crippen LogP contribution in [-0.2, 0) is 14.9 Å². The van der Waals surface area contributed by atoms with Crippen LogP contribution in [0.25, 0.3) is 0 Å². The summed E-state index contributed by atoms with van der Waals surface area (Å²) in [6.07, 6.45) is 0.359. The second-order valence-corrected chi connectivity index (χ2v) is 8.80. The minimum absolute atomic E-state index is 0.145. The van der Waals surface area contributed by atoms with Crippen LogP contribution < -0.4 is 5.73 Å². The molecule has 0 radical (unpaired) electrons. The van der Waals surface area contributed by atoms with Gasteiger partial charge in [-0.3, -0.25) is 0 Å². The van der Waals surface area contributed by atoms with Gasteiger partial charge in [-0.25, -0.2) is 4.99 Å². The molecule has 1 saturated carbocycles. The average Bonchev–Trinajstić information content (AvgIpc) is 2.82. The quantitative estimate of drug-likeness (QED) is 0.888. The molecule has 3 aliphatic rings. The molecular formula is C21H24N4O2. The second kappa shape index (κ2) is 5.10. The van der Waals surface area contributed by atoms with E-state index in [0.29, 0.717) is 13.0 Å². The van der Waals surface area contributed by atoms with Crippen LogP contribution in [0.2, 0.25) is 0 Å². The molecule has 1 aromatic rings. The predicted octanol–water partition coefficient (Wildman–Crippen LogP) is 2.85. The monoisotopic (exact) mass is 364 g/mol. The zero-order valence-corrected chi connectivity index (χ0v) is 16.1. The van der Waals surface area contributed by atoms with Gasteiger partial charge in [-0.1, -0.05) is 51.1 Å². The third-order valence-corrected chi connectivity index (χ3v) is 6.84. The number of nitriles is 2. The van der Waals surface area contributed by atoms with Gasteiger partial charge >= 0.3 is 0 Å². The van der Waals surface area contributed by atoms with Crippen LogP contribution in [0, 0.1) is 38.9 Å². The van der Waals surface area contributed by atoms with E-state index < -0.39 is 22.2 Å². The third-order valence-electron chi connectivity index (χ3n) is 6.84. The molecule has 5 atom stereocenters. The number of hydrogen-bond donors (Lipinski definition) is 1. The van der Waals surface area contributed by atoms with Crippen molar-refractivity contribution in [2.24, 2.45) is 27.0 Å². The Morgan fingerprint density at radius 1 is 1.26 bits per heavy atom. The number of hydrogen-bond acceptors (Lipinski definition) is 6. The van der Waals surface area contributed by atoms with Crippen molar-refractivity contribution in [3.8, 4) is 12.1 Å². The highest BCUT2D eigenvalue weighted by Crippen LogP contribution is 2.87. The number of nitrogens with two attached hydrogens (primary N) is 1. The van der Waals surface area contributed by atoms with Crippen molar-refractivity contribution >= 4 is 5.84 Å². The Morgan fingerprint density at radius 2 is 1.93 bits per heavy atom. The molecule has 2 N–H and O–H groups in total. The first-order valence-corrected chi connectivity index (χ1v) is 9.22. The fourth-order valence-corrected chi connectivity index (χ4v) is 5.68. The van der Waals surface area contributed by atoms with Gasteiger partial charge in [0.05, 0.1) is 24.8 Å². The highest BCUT2D eigenvalue weighted by molar-refractivity contribution is 6.00. The molecule has 6 nitrogen and oxygen atoms in total. The normalized spacial score (nSPS) is 42.3. The maximum Gasteiger partial charge on any atom is 0.293 e. The second-order valence-electron chi connectivity index (χ2n) is 8.80. The maximum absolute atomic E-state index is 10.3. The lowest BCUT2D eigenvalue weighted by Crippen LogP contribution is -2.42. The van der Waals surface area contributed by atoms with Crippen LogP contribution in [0.15, 0.2) is 35.3 Å². The standard InChI is InChI=1S/C21H24N4O2/c1-14-10-26-21(27-14)20(13-23)18(4,19(20,12-22)16(24)25-21)11-17(2,3)15-8-6-5-7-9-15/h5-9,14H,10-11H2,1-4H3,(H2,24,25)/t14-,18-,19-,20+,21+/m0/s1. The summed E-state index contributed by atoms with van der Waals surface area (Å²) in [6.45, 7) is 8.38. The van der Waals surface area contributed by atoms with E-state index >= 15 is 0 Å². The van der Waals surface area contributed by atoms with Gasteiger partial charge in [0, 0.05) is 5.41 Å². The molecule has 1 spiro atoms. The summed E-state index contributed by atoms with van der Waals surface area (Å²) in [5, 5.41) is 20.5. The molecule has 2 aliphatic heterocycles. The van der Waals surface area contributed by atoms with Gasteiger partial charge in [0.15, 0.2) is 5.41 Å². The topological polar surface area (TPSA) is 104 Å². The zero-order valence-electron chi connectivity index (χ0n) is 16.1. The Morgan fingerprint density at radius 3 is 2.44 bits per heavy atom. The number of amidine groups is 1. The van der Waals surface area contributed by atoms with Crippen molar-refractivity contribution in [1.29, 1.82) is 10.5 Å². The van der Waals surface area contributed by atoms with Gasteiger partial charge in [-0.05, 0) is 24.3 Å². The van der Waals surface area contributed by atoms with E-state index in [1.807, 2.05) is 32.0 Å². The van der Waals surface area contributed by atoms with Crippen molar-refractivity contribution in [1.82, 2.24) is 0 Å². The largest absolute Gasteiger partial charge is 0.386 e. The van der Waals surface area contributed by atoms with E-state index in [-0.39, 0.29) is 17.4 Å². The number of benzene rings is 1. The van der Waals surface area contributed by atoms with Crippen molar-refractivity contribution in [2.75, 3.05) is 6.61 Å². The lowest BCUT2D eigenvalue weighted by atomic mass is 9.72. The van der Waals surface area contributed by atoms with Crippen LogP contribution in [-0.4, -0.2) is 24.5 Å². The van der Waals surface area contributed by atoms with Gasteiger partial charge in [0.25, 0.3) is 5.91 Å². The van der Waals surface area contributed by atoms with E-state index in [1.165, 1.54) is 0 Å². The van der Waals surface area contributed by atoms with E-state index in [1.54, 1.807) is 0 Å². The smallest absolute Gasteiger partial charge is 0.293 e. The van der Waals surface area contributed by atoms with Gasteiger partial charge in [0.1, 0.15) is 11.3 Å². The SMILES string of the molecule is C[C@H]1CO[C@@]2(N=C(N)[C@@]3(C#N)[C@](C)(CC(C)(C)c4ccccc4)[C@@]23C#N)O1. The molecule has 2 fully saturated rings. The van der Waals surface area contributed by atoms with E-state index in [4.69, 9.17) is 15.2 Å². The first-order chi connectivity index (χ1) is 12.7. The lowest BCUT2D eigenvalue weighted by Gasteiger charge is -2.35. The highest BCUT2D eigenvalue weighted by Gasteiger charge is 3.00. The molecule has 0 bridgehead atoms. The molecule has 6 heteroatoms. The fourth-order valence-electron chi connectivity index (χ4n) is 5.68. The molecule has 1 saturated heterocycles. The lowest BCUT2D eigenvalue weighted by molar-refractivity contribution is -0.200. The van der Waals surface area contributed by atoms with E-state index in [0.717, 1.165) is 5.56 Å². The Balaban J connectivity index is 1.83. The number of aliphatic imine (C=N–C) groups is 1. The first-order valence-electron chi connectivity index (χ1n) is 9.22. The molecule has 0 aromatic heterocycles. The zero-order chi connectivity index (χ0) is 19.7. The maximum atomic E-state index is 10.3. The van der Waals surface area contributed by atoms with Crippen molar-refractivity contribution < 1.29 is 9.47 Å². The molecule has 1 aliphatic carbocycles.